The first kappa shape index (κ1) is 18.8. The second-order valence-corrected chi connectivity index (χ2v) is 9.01. The first-order chi connectivity index (χ1) is 14.2. The third-order valence-corrected chi connectivity index (χ3v) is 7.26. The van der Waals surface area contributed by atoms with Gasteiger partial charge in [-0.2, -0.15) is 0 Å². The molecule has 0 bridgehead atoms. The largest absolute Gasteiger partial charge is 0.354 e. The Hall–Kier alpha value is -2.17. The minimum atomic E-state index is 0.695. The number of likely N-dealkylation sites (tertiary alicyclic amines) is 2. The zero-order valence-electron chi connectivity index (χ0n) is 17.7. The number of fused-ring (bicyclic) bond motifs is 1. The van der Waals surface area contributed by atoms with Crippen molar-refractivity contribution in [1.29, 1.82) is 0 Å². The van der Waals surface area contributed by atoms with Crippen molar-refractivity contribution in [3.05, 3.63) is 53.9 Å². The van der Waals surface area contributed by atoms with E-state index in [-0.39, 0.29) is 0 Å². The molecule has 0 radical (unpaired) electrons. The number of nitrogens with one attached hydrogen (secondary N) is 1. The van der Waals surface area contributed by atoms with Crippen LogP contribution in [0, 0.1) is 6.92 Å². The van der Waals surface area contributed by atoms with Crippen LogP contribution < -0.4 is 0 Å². The maximum Gasteiger partial charge on any atom is 0.0495 e. The van der Waals surface area contributed by atoms with Crippen LogP contribution in [0.2, 0.25) is 0 Å². The number of aryl methyl sites for hydroxylation is 1. The fraction of sp³-hybridized carbons (Fsp3) is 0.480. The molecule has 2 saturated heterocycles. The predicted octanol–water partition coefficient (Wildman–Crippen LogP) is 4.81. The van der Waals surface area contributed by atoms with Gasteiger partial charge in [0.2, 0.25) is 0 Å². The lowest BCUT2D eigenvalue weighted by molar-refractivity contribution is 0.0966. The van der Waals surface area contributed by atoms with E-state index in [1.807, 2.05) is 12.4 Å². The van der Waals surface area contributed by atoms with Gasteiger partial charge in [0.05, 0.1) is 0 Å². The molecule has 0 amide bonds. The number of benzene rings is 1. The van der Waals surface area contributed by atoms with Crippen LogP contribution in [0.3, 0.4) is 0 Å². The Labute approximate surface area is 173 Å². The molecule has 0 unspecified atom stereocenters. The van der Waals surface area contributed by atoms with E-state index in [1.54, 1.807) is 0 Å². The monoisotopic (exact) mass is 388 g/mol. The Balaban J connectivity index is 1.32. The fourth-order valence-electron chi connectivity index (χ4n) is 5.36. The molecular formula is C25H32N4. The van der Waals surface area contributed by atoms with Crippen molar-refractivity contribution in [1.82, 2.24) is 19.8 Å². The molecule has 2 aliphatic rings. The number of pyridine rings is 1. The molecule has 2 aliphatic heterocycles. The Morgan fingerprint density at radius 1 is 0.931 bits per heavy atom. The summed E-state index contributed by atoms with van der Waals surface area (Å²) in [6.45, 7) is 7.26. The van der Waals surface area contributed by atoms with Crippen molar-refractivity contribution in [3.8, 4) is 11.3 Å². The molecule has 4 nitrogen and oxygen atoms in total. The van der Waals surface area contributed by atoms with Crippen LogP contribution >= 0.6 is 0 Å². The maximum absolute atomic E-state index is 4.15. The van der Waals surface area contributed by atoms with Crippen LogP contribution in [-0.2, 0) is 0 Å². The van der Waals surface area contributed by atoms with Gasteiger partial charge in [0.1, 0.15) is 0 Å². The molecule has 29 heavy (non-hydrogen) atoms. The second-order valence-electron chi connectivity index (χ2n) is 9.01. The van der Waals surface area contributed by atoms with Crippen molar-refractivity contribution >= 4 is 10.9 Å². The van der Waals surface area contributed by atoms with Gasteiger partial charge in [0.25, 0.3) is 0 Å². The molecule has 0 aliphatic carbocycles. The van der Waals surface area contributed by atoms with E-state index in [0.717, 1.165) is 6.04 Å². The Bertz CT molecular complexity index is 961. The van der Waals surface area contributed by atoms with Gasteiger partial charge < -0.3 is 14.8 Å². The van der Waals surface area contributed by atoms with E-state index in [9.17, 15) is 0 Å². The normalized spacial score (nSPS) is 20.5. The van der Waals surface area contributed by atoms with Crippen LogP contribution in [0.4, 0.5) is 0 Å². The number of aromatic nitrogens is 2. The molecule has 152 valence electrons. The highest BCUT2D eigenvalue weighted by Crippen LogP contribution is 2.35. The van der Waals surface area contributed by atoms with Crippen LogP contribution in [0.15, 0.2) is 42.7 Å². The smallest absolute Gasteiger partial charge is 0.0495 e. The van der Waals surface area contributed by atoms with Gasteiger partial charge in [-0.05, 0) is 107 Å². The summed E-state index contributed by atoms with van der Waals surface area (Å²) >= 11 is 0. The van der Waals surface area contributed by atoms with Crippen molar-refractivity contribution < 1.29 is 0 Å². The second kappa shape index (κ2) is 7.92. The summed E-state index contributed by atoms with van der Waals surface area (Å²) in [6.07, 6.45) is 8.99. The van der Waals surface area contributed by atoms with Crippen LogP contribution in [0.5, 0.6) is 0 Å². The Morgan fingerprint density at radius 3 is 2.38 bits per heavy atom. The van der Waals surface area contributed by atoms with Gasteiger partial charge in [-0.1, -0.05) is 6.07 Å². The predicted molar refractivity (Wildman–Crippen MR) is 120 cm³/mol. The van der Waals surface area contributed by atoms with Gasteiger partial charge in [-0.3, -0.25) is 4.98 Å². The average molecular weight is 389 g/mol. The summed E-state index contributed by atoms with van der Waals surface area (Å²) in [5.74, 6) is 0.695. The summed E-state index contributed by atoms with van der Waals surface area (Å²) < 4.78 is 0. The molecule has 1 aromatic carbocycles. The van der Waals surface area contributed by atoms with Gasteiger partial charge in [-0.25, -0.2) is 0 Å². The van der Waals surface area contributed by atoms with E-state index in [0.29, 0.717) is 5.92 Å². The zero-order valence-corrected chi connectivity index (χ0v) is 17.7. The first-order valence-corrected chi connectivity index (χ1v) is 11.1. The third-order valence-electron chi connectivity index (χ3n) is 7.26. The molecule has 5 rings (SSSR count). The third kappa shape index (κ3) is 3.72. The summed E-state index contributed by atoms with van der Waals surface area (Å²) in [5, 5.41) is 1.37. The van der Waals surface area contributed by atoms with Crippen molar-refractivity contribution in [2.75, 3.05) is 33.2 Å². The van der Waals surface area contributed by atoms with Crippen LogP contribution in [0.1, 0.15) is 42.7 Å². The van der Waals surface area contributed by atoms with Gasteiger partial charge in [0, 0.05) is 40.6 Å². The number of hydrogen-bond acceptors (Lipinski definition) is 3. The summed E-state index contributed by atoms with van der Waals surface area (Å²) in [5.41, 5.74) is 6.53. The zero-order chi connectivity index (χ0) is 19.8. The molecule has 0 spiro atoms. The molecule has 0 atom stereocenters. The number of nitrogens with zero attached hydrogens (tertiary/aromatic N) is 3. The minimum Gasteiger partial charge on any atom is -0.354 e. The highest BCUT2D eigenvalue weighted by atomic mass is 15.2. The lowest BCUT2D eigenvalue weighted by Gasteiger charge is -2.41. The Morgan fingerprint density at radius 2 is 1.66 bits per heavy atom. The summed E-state index contributed by atoms with van der Waals surface area (Å²) in [6, 6.07) is 12.1. The number of aromatic amines is 1. The molecule has 1 N–H and O–H groups in total. The van der Waals surface area contributed by atoms with Crippen molar-refractivity contribution in [2.45, 2.75) is 44.6 Å². The minimum absolute atomic E-state index is 0.695. The van der Waals surface area contributed by atoms with E-state index in [2.05, 4.69) is 64.1 Å². The van der Waals surface area contributed by atoms with Crippen molar-refractivity contribution in [2.24, 2.45) is 0 Å². The SMILES string of the molecule is Cc1c(-c2ccncc2)[nH]c2ccc(C3CCN(C4CCN(C)CC4)CC3)cc12. The van der Waals surface area contributed by atoms with Crippen LogP contribution in [0.25, 0.3) is 22.2 Å². The summed E-state index contributed by atoms with van der Waals surface area (Å²) in [4.78, 5) is 13.0. The quantitative estimate of drug-likeness (QED) is 0.699. The highest BCUT2D eigenvalue weighted by molar-refractivity contribution is 5.91. The molecule has 4 heterocycles. The first-order valence-electron chi connectivity index (χ1n) is 11.1. The van der Waals surface area contributed by atoms with Crippen LogP contribution in [-0.4, -0.2) is 59.0 Å². The van der Waals surface area contributed by atoms with E-state index in [1.165, 1.54) is 85.1 Å². The van der Waals surface area contributed by atoms with Gasteiger partial charge in [-0.15, -0.1) is 0 Å². The maximum atomic E-state index is 4.15. The molecule has 2 aromatic heterocycles. The van der Waals surface area contributed by atoms with E-state index < -0.39 is 0 Å². The van der Waals surface area contributed by atoms with E-state index >= 15 is 0 Å². The van der Waals surface area contributed by atoms with Crippen molar-refractivity contribution in [3.63, 3.8) is 0 Å². The number of H-pyrrole nitrogens is 1. The average Bonchev–Trinajstić information content (AvgIpc) is 3.11. The molecular weight excluding hydrogens is 356 g/mol. The summed E-state index contributed by atoms with van der Waals surface area (Å²) in [7, 11) is 2.25. The van der Waals surface area contributed by atoms with Gasteiger partial charge in [0.15, 0.2) is 0 Å². The Kier molecular flexibility index (Phi) is 5.15. The highest BCUT2D eigenvalue weighted by Gasteiger charge is 2.28. The van der Waals surface area contributed by atoms with E-state index in [4.69, 9.17) is 0 Å². The number of hydrogen-bond donors (Lipinski definition) is 1. The molecule has 3 aromatic rings. The lowest BCUT2D eigenvalue weighted by Crippen LogP contribution is -2.46. The van der Waals surface area contributed by atoms with Gasteiger partial charge >= 0.3 is 0 Å². The standard InChI is InChI=1S/C25H32N4/c1-18-23-17-21(3-4-24(23)27-25(18)20-5-11-26-12-6-20)19-7-15-29(16-8-19)22-9-13-28(2)14-10-22/h3-6,11-12,17,19,22,27H,7-10,13-16H2,1-2H3. The molecule has 2 fully saturated rings. The topological polar surface area (TPSA) is 35.2 Å². The fourth-order valence-corrected chi connectivity index (χ4v) is 5.36. The molecule has 0 saturated carbocycles. The number of rotatable bonds is 3. The lowest BCUT2D eigenvalue weighted by atomic mass is 9.87. The molecule has 4 heteroatoms. The number of piperidine rings is 2.